The van der Waals surface area contributed by atoms with Crippen molar-refractivity contribution in [3.05, 3.63) is 40.9 Å². The lowest BCUT2D eigenvalue weighted by Crippen LogP contribution is -1.99. The molecular formula is C9H8FN3S. The average Bonchev–Trinajstić information content (AvgIpc) is 2.67. The maximum absolute atomic E-state index is 12.7. The van der Waals surface area contributed by atoms with Crippen molar-refractivity contribution in [3.8, 4) is 0 Å². The summed E-state index contributed by atoms with van der Waals surface area (Å²) in [5.41, 5.74) is 0.715. The Morgan fingerprint density at radius 3 is 3.00 bits per heavy atom. The van der Waals surface area contributed by atoms with Gasteiger partial charge in [-0.05, 0) is 6.07 Å². The lowest BCUT2D eigenvalue weighted by Gasteiger charge is -2.02. The van der Waals surface area contributed by atoms with Crippen molar-refractivity contribution in [1.82, 2.24) is 9.97 Å². The van der Waals surface area contributed by atoms with Crippen LogP contribution in [-0.2, 0) is 6.54 Å². The molecule has 0 unspecified atom stereocenters. The molecule has 0 aliphatic rings. The number of pyridine rings is 1. The average molecular weight is 209 g/mol. The van der Waals surface area contributed by atoms with Crippen molar-refractivity contribution < 1.29 is 4.39 Å². The van der Waals surface area contributed by atoms with Crippen LogP contribution in [0.15, 0.2) is 29.9 Å². The van der Waals surface area contributed by atoms with Gasteiger partial charge in [0.25, 0.3) is 0 Å². The molecule has 72 valence electrons. The Kier molecular flexibility index (Phi) is 2.69. The van der Waals surface area contributed by atoms with Crippen molar-refractivity contribution >= 4 is 17.0 Å². The number of nitrogens with one attached hydrogen (secondary N) is 1. The van der Waals surface area contributed by atoms with E-state index in [9.17, 15) is 4.39 Å². The van der Waals surface area contributed by atoms with Crippen LogP contribution in [0.3, 0.4) is 0 Å². The lowest BCUT2D eigenvalue weighted by atomic mass is 10.4. The first-order valence-electron chi connectivity index (χ1n) is 4.08. The van der Waals surface area contributed by atoms with Crippen LogP contribution in [0.2, 0.25) is 0 Å². The summed E-state index contributed by atoms with van der Waals surface area (Å²) in [7, 11) is 0. The van der Waals surface area contributed by atoms with Gasteiger partial charge in [-0.15, -0.1) is 11.3 Å². The third-order valence-electron chi connectivity index (χ3n) is 1.65. The van der Waals surface area contributed by atoms with Gasteiger partial charge in [-0.1, -0.05) is 0 Å². The number of halogens is 1. The van der Waals surface area contributed by atoms with Gasteiger partial charge >= 0.3 is 0 Å². The molecule has 0 saturated carbocycles. The minimum absolute atomic E-state index is 0.478. The predicted molar refractivity (Wildman–Crippen MR) is 53.6 cm³/mol. The molecule has 5 heteroatoms. The van der Waals surface area contributed by atoms with Crippen LogP contribution in [0.25, 0.3) is 0 Å². The van der Waals surface area contributed by atoms with E-state index in [2.05, 4.69) is 15.3 Å². The topological polar surface area (TPSA) is 37.8 Å². The molecule has 2 aromatic rings. The van der Waals surface area contributed by atoms with Crippen molar-refractivity contribution in [1.29, 1.82) is 0 Å². The summed E-state index contributed by atoms with van der Waals surface area (Å²) in [6.07, 6.45) is 3.17. The van der Waals surface area contributed by atoms with Crippen LogP contribution in [0.1, 0.15) is 5.01 Å². The summed E-state index contributed by atoms with van der Waals surface area (Å²) in [4.78, 5) is 7.57. The van der Waals surface area contributed by atoms with Gasteiger partial charge in [-0.3, -0.25) is 0 Å². The molecule has 0 radical (unpaired) electrons. The minimum Gasteiger partial charge on any atom is -0.378 e. The summed E-state index contributed by atoms with van der Waals surface area (Å²) in [6, 6.07) is 3.07. The molecule has 0 amide bonds. The number of nitrogens with zero attached hydrogens (tertiary/aromatic N) is 2. The summed E-state index contributed by atoms with van der Waals surface area (Å²) < 4.78 is 12.7. The second kappa shape index (κ2) is 4.15. The first-order chi connectivity index (χ1) is 6.84. The normalized spacial score (nSPS) is 10.1. The molecule has 0 bridgehead atoms. The van der Waals surface area contributed by atoms with Gasteiger partial charge in [0.2, 0.25) is 5.95 Å². The van der Waals surface area contributed by atoms with Gasteiger partial charge in [0.15, 0.2) is 0 Å². The van der Waals surface area contributed by atoms with E-state index in [-0.39, 0.29) is 0 Å². The highest BCUT2D eigenvalue weighted by molar-refractivity contribution is 7.09. The van der Waals surface area contributed by atoms with Gasteiger partial charge in [0.05, 0.1) is 6.54 Å². The van der Waals surface area contributed by atoms with E-state index in [1.54, 1.807) is 23.6 Å². The number of anilines is 1. The smallest absolute Gasteiger partial charge is 0.214 e. The summed E-state index contributed by atoms with van der Waals surface area (Å²) in [5, 5.41) is 5.94. The minimum atomic E-state index is -0.478. The molecule has 3 nitrogen and oxygen atoms in total. The Morgan fingerprint density at radius 2 is 2.29 bits per heavy atom. The van der Waals surface area contributed by atoms with E-state index in [1.165, 1.54) is 12.3 Å². The maximum Gasteiger partial charge on any atom is 0.214 e. The third kappa shape index (κ3) is 2.26. The van der Waals surface area contributed by atoms with Gasteiger partial charge in [-0.25, -0.2) is 9.97 Å². The molecule has 0 aromatic carbocycles. The number of hydrogen-bond donors (Lipinski definition) is 1. The monoisotopic (exact) mass is 209 g/mol. The quantitative estimate of drug-likeness (QED) is 0.788. The largest absolute Gasteiger partial charge is 0.378 e. The molecule has 0 spiro atoms. The van der Waals surface area contributed by atoms with E-state index >= 15 is 0 Å². The highest BCUT2D eigenvalue weighted by Gasteiger charge is 1.97. The van der Waals surface area contributed by atoms with Crippen molar-refractivity contribution in [2.75, 3.05) is 5.32 Å². The zero-order chi connectivity index (χ0) is 9.80. The number of rotatable bonds is 3. The molecule has 2 aromatic heterocycles. The third-order valence-corrected chi connectivity index (χ3v) is 2.43. The first-order valence-corrected chi connectivity index (χ1v) is 4.96. The Morgan fingerprint density at radius 1 is 1.36 bits per heavy atom. The van der Waals surface area contributed by atoms with Gasteiger partial charge < -0.3 is 5.32 Å². The SMILES string of the molecule is Fc1cc(NCc2nccs2)ccn1. The van der Waals surface area contributed by atoms with Crippen LogP contribution < -0.4 is 5.32 Å². The van der Waals surface area contributed by atoms with Gasteiger partial charge in [0.1, 0.15) is 5.01 Å². The standard InChI is InChI=1S/C9H8FN3S/c10-8-5-7(1-2-11-8)13-6-9-12-3-4-14-9/h1-5H,6H2,(H,11,13). The van der Waals surface area contributed by atoms with Crippen LogP contribution in [0, 0.1) is 5.95 Å². The Balaban J connectivity index is 1.98. The molecule has 2 rings (SSSR count). The Bertz CT molecular complexity index is 402. The lowest BCUT2D eigenvalue weighted by molar-refractivity contribution is 0.584. The van der Waals surface area contributed by atoms with Crippen LogP contribution in [0.4, 0.5) is 10.1 Å². The van der Waals surface area contributed by atoms with Gasteiger partial charge in [-0.2, -0.15) is 4.39 Å². The summed E-state index contributed by atoms with van der Waals surface area (Å²) in [5.74, 6) is -0.478. The Labute approximate surface area is 84.6 Å². The van der Waals surface area contributed by atoms with E-state index < -0.39 is 5.95 Å². The second-order valence-corrected chi connectivity index (χ2v) is 3.63. The fraction of sp³-hybridized carbons (Fsp3) is 0.111. The predicted octanol–water partition coefficient (Wildman–Crippen LogP) is 2.29. The molecule has 0 aliphatic carbocycles. The first kappa shape index (κ1) is 9.08. The highest BCUT2D eigenvalue weighted by Crippen LogP contribution is 2.10. The van der Waals surface area contributed by atoms with Crippen molar-refractivity contribution in [2.24, 2.45) is 0 Å². The van der Waals surface area contributed by atoms with E-state index in [1.807, 2.05) is 5.38 Å². The van der Waals surface area contributed by atoms with E-state index in [0.717, 1.165) is 5.01 Å². The molecular weight excluding hydrogens is 201 g/mol. The molecule has 0 atom stereocenters. The Hall–Kier alpha value is -1.49. The van der Waals surface area contributed by atoms with Crippen LogP contribution in [-0.4, -0.2) is 9.97 Å². The number of hydrogen-bond acceptors (Lipinski definition) is 4. The second-order valence-electron chi connectivity index (χ2n) is 2.65. The van der Waals surface area contributed by atoms with Crippen LogP contribution >= 0.6 is 11.3 Å². The van der Waals surface area contributed by atoms with Gasteiger partial charge in [0, 0.05) is 29.5 Å². The van der Waals surface area contributed by atoms with E-state index in [4.69, 9.17) is 0 Å². The molecule has 2 heterocycles. The molecule has 0 aliphatic heterocycles. The fourth-order valence-corrected chi connectivity index (χ4v) is 1.59. The van der Waals surface area contributed by atoms with E-state index in [0.29, 0.717) is 12.2 Å². The molecule has 0 saturated heterocycles. The molecule has 14 heavy (non-hydrogen) atoms. The zero-order valence-electron chi connectivity index (χ0n) is 7.27. The van der Waals surface area contributed by atoms with Crippen LogP contribution in [0.5, 0.6) is 0 Å². The molecule has 0 fully saturated rings. The van der Waals surface area contributed by atoms with Crippen molar-refractivity contribution in [2.45, 2.75) is 6.54 Å². The van der Waals surface area contributed by atoms with Crippen molar-refractivity contribution in [3.63, 3.8) is 0 Å². The number of aromatic nitrogens is 2. The summed E-state index contributed by atoms with van der Waals surface area (Å²) >= 11 is 1.56. The zero-order valence-corrected chi connectivity index (χ0v) is 8.09. The summed E-state index contributed by atoms with van der Waals surface area (Å²) in [6.45, 7) is 0.612. The fourth-order valence-electron chi connectivity index (χ4n) is 1.03. The maximum atomic E-state index is 12.7. The highest BCUT2D eigenvalue weighted by atomic mass is 32.1. The molecule has 1 N–H and O–H groups in total. The number of thiazole rings is 1.